The fourth-order valence-corrected chi connectivity index (χ4v) is 2.43. The highest BCUT2D eigenvalue weighted by Crippen LogP contribution is 2.24. The third-order valence-corrected chi connectivity index (χ3v) is 4.04. The van der Waals surface area contributed by atoms with Crippen molar-refractivity contribution in [2.75, 3.05) is 53.4 Å². The van der Waals surface area contributed by atoms with Gasteiger partial charge in [-0.05, 0) is 19.9 Å². The minimum absolute atomic E-state index is 0.0702. The maximum absolute atomic E-state index is 12.3. The molecule has 0 bridgehead atoms. The number of fused-ring (bicyclic) bond motifs is 1. The number of rotatable bonds is 13. The van der Waals surface area contributed by atoms with Crippen LogP contribution >= 0.6 is 0 Å². The van der Waals surface area contributed by atoms with Crippen LogP contribution in [0.3, 0.4) is 0 Å². The molecule has 0 N–H and O–H groups in total. The molecule has 0 saturated heterocycles. The molecule has 0 aliphatic rings. The Hall–Kier alpha value is -2.40. The Morgan fingerprint density at radius 1 is 1.07 bits per heavy atom. The molecule has 0 fully saturated rings. The van der Waals surface area contributed by atoms with Gasteiger partial charge in [0.25, 0.3) is 5.69 Å². The molecule has 1 aromatic heterocycles. The molecule has 0 aliphatic heterocycles. The van der Waals surface area contributed by atoms with E-state index in [1.165, 1.54) is 12.1 Å². The zero-order chi connectivity index (χ0) is 21.3. The number of aromatic nitrogens is 1. The molecule has 29 heavy (non-hydrogen) atoms. The van der Waals surface area contributed by atoms with Gasteiger partial charge < -0.3 is 23.4 Å². The van der Waals surface area contributed by atoms with Gasteiger partial charge in [-0.3, -0.25) is 10.1 Å². The summed E-state index contributed by atoms with van der Waals surface area (Å²) in [4.78, 5) is 26.9. The van der Waals surface area contributed by atoms with Crippen LogP contribution in [-0.2, 0) is 24.4 Å². The first-order valence-corrected chi connectivity index (χ1v) is 9.17. The van der Waals surface area contributed by atoms with Crippen molar-refractivity contribution in [2.24, 2.45) is 0 Å². The zero-order valence-electron chi connectivity index (χ0n) is 16.8. The van der Waals surface area contributed by atoms with Crippen molar-refractivity contribution in [2.45, 2.75) is 19.3 Å². The highest BCUT2D eigenvalue weighted by atomic mass is 16.6. The normalized spacial score (nSPS) is 11.8. The molecule has 0 atom stereocenters. The quantitative estimate of drug-likeness (QED) is 0.277. The van der Waals surface area contributed by atoms with Gasteiger partial charge in [0.2, 0.25) is 5.89 Å². The van der Waals surface area contributed by atoms with Gasteiger partial charge >= 0.3 is 5.63 Å². The summed E-state index contributed by atoms with van der Waals surface area (Å²) in [6, 6.07) is 3.91. The molecule has 10 heteroatoms. The summed E-state index contributed by atoms with van der Waals surface area (Å²) in [7, 11) is 1.61. The summed E-state index contributed by atoms with van der Waals surface area (Å²) in [5.41, 5.74) is -1.19. The van der Waals surface area contributed by atoms with E-state index >= 15 is 0 Å². The summed E-state index contributed by atoms with van der Waals surface area (Å²) in [6.07, 6.45) is 0. The monoisotopic (exact) mass is 410 g/mol. The number of hydrogen-bond acceptors (Lipinski definition) is 9. The lowest BCUT2D eigenvalue weighted by Crippen LogP contribution is -2.28. The smallest absolute Gasteiger partial charge is 0.347 e. The van der Waals surface area contributed by atoms with E-state index in [1.54, 1.807) is 7.11 Å². The molecule has 0 aliphatic carbocycles. The second kappa shape index (κ2) is 11.0. The van der Waals surface area contributed by atoms with Gasteiger partial charge in [0.15, 0.2) is 0 Å². The molecule has 0 radical (unpaired) electrons. The Labute approximate surface area is 167 Å². The Kier molecular flexibility index (Phi) is 8.65. The highest BCUT2D eigenvalue weighted by molar-refractivity contribution is 5.79. The number of non-ortho nitro benzene ring substituents is 1. The molecule has 2 rings (SSSR count). The third-order valence-electron chi connectivity index (χ3n) is 4.04. The average Bonchev–Trinajstić information content (AvgIpc) is 2.69. The van der Waals surface area contributed by atoms with Crippen LogP contribution in [0, 0.1) is 10.1 Å². The summed E-state index contributed by atoms with van der Waals surface area (Å²) in [5.74, 6) is 0.205. The van der Waals surface area contributed by atoms with E-state index in [0.29, 0.717) is 45.2 Å². The van der Waals surface area contributed by atoms with Crippen LogP contribution in [0.5, 0.6) is 0 Å². The van der Waals surface area contributed by atoms with E-state index in [-0.39, 0.29) is 23.6 Å². The van der Waals surface area contributed by atoms with E-state index in [0.717, 1.165) is 6.07 Å². The first-order chi connectivity index (χ1) is 13.8. The second-order valence-corrected chi connectivity index (χ2v) is 6.92. The van der Waals surface area contributed by atoms with Gasteiger partial charge in [-0.25, -0.2) is 9.78 Å². The second-order valence-electron chi connectivity index (χ2n) is 6.92. The fraction of sp³-hybridized carbons (Fsp3) is 0.579. The first-order valence-electron chi connectivity index (χ1n) is 9.17. The van der Waals surface area contributed by atoms with E-state index in [2.05, 4.69) is 4.98 Å². The standard InChI is InChI=1S/C19H26N2O8/c1-19(2,13-28-11-10-27-9-8-26-7-6-25-3)18-20-16-5-4-14(21(23)24)12-15(16)17(22)29-18/h4-5,12H,6-11,13H2,1-3H3. The number of nitrogens with zero attached hydrogens (tertiary/aromatic N) is 2. The van der Waals surface area contributed by atoms with Gasteiger partial charge in [-0.1, -0.05) is 0 Å². The molecule has 0 saturated carbocycles. The summed E-state index contributed by atoms with van der Waals surface area (Å²) in [6.45, 7) is 6.72. The number of nitro groups is 1. The van der Waals surface area contributed by atoms with Crippen molar-refractivity contribution in [3.8, 4) is 0 Å². The maximum atomic E-state index is 12.3. The molecule has 0 amide bonds. The van der Waals surface area contributed by atoms with Gasteiger partial charge in [0.1, 0.15) is 0 Å². The van der Waals surface area contributed by atoms with E-state index in [9.17, 15) is 14.9 Å². The lowest BCUT2D eigenvalue weighted by atomic mass is 9.94. The van der Waals surface area contributed by atoms with Gasteiger partial charge in [0, 0.05) is 19.2 Å². The number of benzene rings is 1. The van der Waals surface area contributed by atoms with Crippen molar-refractivity contribution < 1.29 is 28.3 Å². The van der Waals surface area contributed by atoms with Crippen molar-refractivity contribution in [1.29, 1.82) is 0 Å². The fourth-order valence-electron chi connectivity index (χ4n) is 2.43. The molecule has 1 heterocycles. The molecule has 2 aromatic rings. The topological polar surface area (TPSA) is 123 Å². The highest BCUT2D eigenvalue weighted by Gasteiger charge is 2.27. The lowest BCUT2D eigenvalue weighted by Gasteiger charge is -2.22. The summed E-state index contributed by atoms with van der Waals surface area (Å²) < 4.78 is 26.5. The minimum atomic E-state index is -0.668. The van der Waals surface area contributed by atoms with Gasteiger partial charge in [-0.2, -0.15) is 0 Å². The van der Waals surface area contributed by atoms with Crippen LogP contribution in [0.25, 0.3) is 10.9 Å². The SMILES string of the molecule is COCCOCCOCCOCC(C)(C)c1nc2ccc([N+](=O)[O-])cc2c(=O)o1. The van der Waals surface area contributed by atoms with Crippen LogP contribution in [0.2, 0.25) is 0 Å². The minimum Gasteiger partial charge on any atom is -0.407 e. The van der Waals surface area contributed by atoms with Crippen LogP contribution in [0.4, 0.5) is 5.69 Å². The van der Waals surface area contributed by atoms with Crippen molar-refractivity contribution in [3.05, 3.63) is 44.6 Å². The zero-order valence-corrected chi connectivity index (χ0v) is 16.8. The van der Waals surface area contributed by atoms with Crippen LogP contribution in [-0.4, -0.2) is 63.3 Å². The van der Waals surface area contributed by atoms with Gasteiger partial charge in [-0.15, -0.1) is 0 Å². The lowest BCUT2D eigenvalue weighted by molar-refractivity contribution is -0.384. The predicted octanol–water partition coefficient (Wildman–Crippen LogP) is 2.07. The predicted molar refractivity (Wildman–Crippen MR) is 104 cm³/mol. The largest absolute Gasteiger partial charge is 0.407 e. The molecule has 0 spiro atoms. The van der Waals surface area contributed by atoms with Crippen molar-refractivity contribution in [3.63, 3.8) is 0 Å². The third kappa shape index (κ3) is 6.86. The Morgan fingerprint density at radius 2 is 1.69 bits per heavy atom. The molecular weight excluding hydrogens is 384 g/mol. The summed E-state index contributed by atoms with van der Waals surface area (Å²) in [5, 5.41) is 10.9. The number of methoxy groups -OCH3 is 1. The van der Waals surface area contributed by atoms with E-state index in [4.69, 9.17) is 23.4 Å². The Morgan fingerprint density at radius 3 is 2.31 bits per heavy atom. The van der Waals surface area contributed by atoms with Crippen molar-refractivity contribution in [1.82, 2.24) is 4.98 Å². The van der Waals surface area contributed by atoms with Crippen LogP contribution in [0.15, 0.2) is 27.4 Å². The number of hydrogen-bond donors (Lipinski definition) is 0. The van der Waals surface area contributed by atoms with Crippen LogP contribution < -0.4 is 5.63 Å². The van der Waals surface area contributed by atoms with E-state index < -0.39 is 16.0 Å². The van der Waals surface area contributed by atoms with E-state index in [1.807, 2.05) is 13.8 Å². The molecule has 1 aromatic carbocycles. The Bertz CT molecular complexity index is 865. The maximum Gasteiger partial charge on any atom is 0.347 e. The number of ether oxygens (including phenoxy) is 4. The van der Waals surface area contributed by atoms with Crippen LogP contribution in [0.1, 0.15) is 19.7 Å². The molecule has 0 unspecified atom stereocenters. The van der Waals surface area contributed by atoms with Gasteiger partial charge in [0.05, 0.1) is 67.5 Å². The summed E-state index contributed by atoms with van der Waals surface area (Å²) >= 11 is 0. The average molecular weight is 410 g/mol. The first kappa shape index (κ1) is 22.9. The molecule has 10 nitrogen and oxygen atoms in total. The number of nitro benzene ring substituents is 1. The Balaban J connectivity index is 1.86. The van der Waals surface area contributed by atoms with Crippen molar-refractivity contribution >= 4 is 16.6 Å². The molecule has 160 valence electrons. The molecular formula is C19H26N2O8.